The molecule has 63 heavy (non-hydrogen) atoms. The predicted octanol–water partition coefficient (Wildman–Crippen LogP) is -0.831. The van der Waals surface area contributed by atoms with Gasteiger partial charge in [-0.05, 0) is 98.7 Å². The van der Waals surface area contributed by atoms with Crippen molar-refractivity contribution in [2.75, 3.05) is 19.8 Å². The van der Waals surface area contributed by atoms with Crippen LogP contribution in [0.3, 0.4) is 0 Å². The topological polar surface area (TPSA) is 287 Å². The van der Waals surface area contributed by atoms with Crippen LogP contribution in [0.1, 0.15) is 92.4 Å². The fourth-order valence-electron chi connectivity index (χ4n) is 13.5. The molecule has 0 aromatic carbocycles. The number of fused-ring (bicyclic) bond motifs is 7. The van der Waals surface area contributed by atoms with E-state index in [0.29, 0.717) is 43.4 Å². The molecule has 7 fully saturated rings. The number of ether oxygens (including phenoxy) is 7. The number of hydrogen-bond donors (Lipinski definition) is 11. The zero-order chi connectivity index (χ0) is 45.5. The van der Waals surface area contributed by atoms with Crippen molar-refractivity contribution < 1.29 is 89.3 Å². The minimum Gasteiger partial charge on any atom is -0.394 e. The molecule has 0 bridgehead atoms. The van der Waals surface area contributed by atoms with Gasteiger partial charge in [-0.1, -0.05) is 39.3 Å². The number of allylic oxidation sites excluding steroid dienone is 1. The molecule has 4 aliphatic carbocycles. The third kappa shape index (κ3) is 8.51. The van der Waals surface area contributed by atoms with Gasteiger partial charge < -0.3 is 89.3 Å². The maximum Gasteiger partial charge on any atom is 0.187 e. The van der Waals surface area contributed by atoms with Crippen LogP contribution in [0, 0.1) is 46.3 Å². The van der Waals surface area contributed by atoms with Crippen LogP contribution >= 0.6 is 0 Å². The van der Waals surface area contributed by atoms with Gasteiger partial charge in [0.25, 0.3) is 0 Å². The summed E-state index contributed by atoms with van der Waals surface area (Å²) in [6.07, 6.45) is -11.3. The number of aliphatic hydroxyl groups is 11. The molecule has 4 aliphatic heterocycles. The summed E-state index contributed by atoms with van der Waals surface area (Å²) in [6, 6.07) is 0. The standard InChI is InChI=1S/C45H74O18/c1-19(18-57-40-36(53)34(51)32(49)28(16-46)60-40)8-13-45(56)20(2)30-27(63-45)15-26-24-7-6-22-14-23(9-11-43(22,4)25(24)10-12-44(26,30)5)59-42-38(55)35(52)39(29(17-47)61-42)62-41-37(54)33(50)31(48)21(3)58-41/h6,19-21,23-42,46-56H,7-18H2,1-5H3/t19-,20-,21-,23-,24+,25-,26-,27-,28+,29+,30-,31-,32+,33+,34-,35+,36+,37+,38+,39+,40+,41-,42+,43-,44-,45+/m0/s1. The zero-order valence-corrected chi connectivity index (χ0v) is 37.1. The van der Waals surface area contributed by atoms with Gasteiger partial charge in [0.2, 0.25) is 0 Å². The SMILES string of the molecule is C[C@@H](CC[C@@]1(O)O[C@H]2C[C@H]3[C@@H]4CC=C5C[C@@H](O[C@@H]6O[C@H](CO)[C@@H](O[C@@H]7O[C@@H](C)[C@H](O)[C@@H](O)[C@H]7O)[C@H](O)[C@H]6O)CC[C@]5(C)[C@H]4CC[C@]3(C)[C@H]2[C@@H]1C)CO[C@@H]1O[C@H](CO)[C@@H](O)[C@H](O)[C@H]1O. The molecule has 18 heteroatoms. The molecule has 4 heterocycles. The molecule has 0 unspecified atom stereocenters. The Morgan fingerprint density at radius 3 is 2.11 bits per heavy atom. The molecule has 0 amide bonds. The largest absolute Gasteiger partial charge is 0.394 e. The second kappa shape index (κ2) is 18.5. The van der Waals surface area contributed by atoms with Crippen LogP contribution < -0.4 is 0 Å². The monoisotopic (exact) mass is 902 g/mol. The third-order valence-electron chi connectivity index (χ3n) is 17.4. The Morgan fingerprint density at radius 1 is 0.746 bits per heavy atom. The van der Waals surface area contributed by atoms with Crippen molar-refractivity contribution in [1.29, 1.82) is 0 Å². The van der Waals surface area contributed by atoms with Gasteiger partial charge in [-0.15, -0.1) is 0 Å². The quantitative estimate of drug-likeness (QED) is 0.107. The van der Waals surface area contributed by atoms with Gasteiger partial charge in [-0.2, -0.15) is 0 Å². The van der Waals surface area contributed by atoms with Crippen molar-refractivity contribution in [1.82, 2.24) is 0 Å². The molecule has 4 saturated heterocycles. The van der Waals surface area contributed by atoms with E-state index in [0.717, 1.165) is 32.1 Å². The van der Waals surface area contributed by atoms with E-state index < -0.39 is 111 Å². The van der Waals surface area contributed by atoms with E-state index in [4.69, 9.17) is 33.2 Å². The smallest absolute Gasteiger partial charge is 0.187 e. The van der Waals surface area contributed by atoms with Gasteiger partial charge in [0.05, 0.1) is 38.1 Å². The normalized spacial score (nSPS) is 55.0. The van der Waals surface area contributed by atoms with Crippen molar-refractivity contribution in [3.05, 3.63) is 11.6 Å². The molecule has 0 aromatic rings. The lowest BCUT2D eigenvalue weighted by Gasteiger charge is -2.58. The predicted molar refractivity (Wildman–Crippen MR) is 218 cm³/mol. The highest BCUT2D eigenvalue weighted by Gasteiger charge is 2.68. The summed E-state index contributed by atoms with van der Waals surface area (Å²) in [4.78, 5) is 0. The van der Waals surface area contributed by atoms with Gasteiger partial charge in [0, 0.05) is 12.3 Å². The van der Waals surface area contributed by atoms with E-state index >= 15 is 0 Å². The molecular formula is C45H74O18. The van der Waals surface area contributed by atoms with E-state index in [2.05, 4.69) is 26.8 Å². The fourth-order valence-corrected chi connectivity index (χ4v) is 13.5. The van der Waals surface area contributed by atoms with Crippen molar-refractivity contribution in [3.8, 4) is 0 Å². The van der Waals surface area contributed by atoms with Crippen molar-refractivity contribution in [2.24, 2.45) is 46.3 Å². The lowest BCUT2D eigenvalue weighted by Crippen LogP contribution is -2.64. The Labute approximate surface area is 369 Å². The summed E-state index contributed by atoms with van der Waals surface area (Å²) >= 11 is 0. The summed E-state index contributed by atoms with van der Waals surface area (Å²) in [7, 11) is 0. The van der Waals surface area contributed by atoms with Gasteiger partial charge in [0.15, 0.2) is 24.7 Å². The molecule has 8 aliphatic rings. The van der Waals surface area contributed by atoms with Crippen LogP contribution in [0.4, 0.5) is 0 Å². The molecule has 11 N–H and O–H groups in total. The highest BCUT2D eigenvalue weighted by atomic mass is 16.7. The Bertz CT molecular complexity index is 1600. The summed E-state index contributed by atoms with van der Waals surface area (Å²) in [5.41, 5.74) is 1.28. The van der Waals surface area contributed by atoms with Crippen molar-refractivity contribution in [3.63, 3.8) is 0 Å². The number of hydrogen-bond acceptors (Lipinski definition) is 18. The molecule has 8 rings (SSSR count). The Balaban J connectivity index is 0.852. The van der Waals surface area contributed by atoms with E-state index in [-0.39, 0.29) is 47.4 Å². The average Bonchev–Trinajstić information content (AvgIpc) is 3.70. The lowest BCUT2D eigenvalue weighted by atomic mass is 9.47. The summed E-state index contributed by atoms with van der Waals surface area (Å²) in [5, 5.41) is 115. The average molecular weight is 903 g/mol. The molecular weight excluding hydrogens is 828 g/mol. The summed E-state index contributed by atoms with van der Waals surface area (Å²) in [5.74, 6) is 0.121. The highest BCUT2D eigenvalue weighted by Crippen LogP contribution is 2.70. The van der Waals surface area contributed by atoms with Crippen molar-refractivity contribution >= 4 is 0 Å². The maximum atomic E-state index is 12.0. The summed E-state index contributed by atoms with van der Waals surface area (Å²) < 4.78 is 41.6. The van der Waals surface area contributed by atoms with Crippen LogP contribution in [0.15, 0.2) is 11.6 Å². The summed E-state index contributed by atoms with van der Waals surface area (Å²) in [6.45, 7) is 9.42. The van der Waals surface area contributed by atoms with Crippen LogP contribution in [0.5, 0.6) is 0 Å². The third-order valence-corrected chi connectivity index (χ3v) is 17.4. The van der Waals surface area contributed by atoms with Crippen molar-refractivity contribution in [2.45, 2.75) is 203 Å². The molecule has 362 valence electrons. The zero-order valence-electron chi connectivity index (χ0n) is 37.1. The Morgan fingerprint density at radius 2 is 1.40 bits per heavy atom. The van der Waals surface area contributed by atoms with Crippen LogP contribution in [-0.2, 0) is 33.2 Å². The highest BCUT2D eigenvalue weighted by molar-refractivity contribution is 5.26. The number of rotatable bonds is 12. The van der Waals surface area contributed by atoms with Gasteiger partial charge >= 0.3 is 0 Å². The lowest BCUT2D eigenvalue weighted by molar-refractivity contribution is -0.360. The van der Waals surface area contributed by atoms with E-state index in [1.54, 1.807) is 0 Å². The minimum atomic E-state index is -1.64. The van der Waals surface area contributed by atoms with Crippen LogP contribution in [0.2, 0.25) is 0 Å². The van der Waals surface area contributed by atoms with Gasteiger partial charge in [0.1, 0.15) is 67.1 Å². The maximum absolute atomic E-state index is 12.0. The van der Waals surface area contributed by atoms with E-state index in [1.165, 1.54) is 12.5 Å². The first-order chi connectivity index (χ1) is 29.8. The van der Waals surface area contributed by atoms with E-state index in [9.17, 15) is 56.2 Å². The van der Waals surface area contributed by atoms with Crippen LogP contribution in [-0.4, -0.2) is 186 Å². The fraction of sp³-hybridized carbons (Fsp3) is 0.956. The van der Waals surface area contributed by atoms with E-state index in [1.807, 2.05) is 6.92 Å². The molecule has 18 nitrogen and oxygen atoms in total. The van der Waals surface area contributed by atoms with Gasteiger partial charge in [-0.25, -0.2) is 0 Å². The first kappa shape index (κ1) is 48.5. The number of aliphatic hydroxyl groups excluding tert-OH is 10. The Hall–Kier alpha value is -0.980. The molecule has 26 atom stereocenters. The Kier molecular flexibility index (Phi) is 14.2. The molecule has 3 saturated carbocycles. The first-order valence-corrected chi connectivity index (χ1v) is 23.4. The minimum absolute atomic E-state index is 0.00377. The second-order valence-electron chi connectivity index (χ2n) is 21.0. The molecule has 0 radical (unpaired) electrons. The van der Waals surface area contributed by atoms with Crippen LogP contribution in [0.25, 0.3) is 0 Å². The molecule has 0 spiro atoms. The van der Waals surface area contributed by atoms with Gasteiger partial charge in [-0.3, -0.25) is 0 Å². The first-order valence-electron chi connectivity index (χ1n) is 23.4. The second-order valence-corrected chi connectivity index (χ2v) is 21.0. The molecule has 0 aromatic heterocycles.